The van der Waals surface area contributed by atoms with Crippen molar-refractivity contribution < 1.29 is 42.9 Å². The molecule has 0 saturated heterocycles. The van der Waals surface area contributed by atoms with Gasteiger partial charge in [0.05, 0.1) is 34.4 Å². The van der Waals surface area contributed by atoms with Crippen molar-refractivity contribution >= 4 is 17.9 Å². The third-order valence-corrected chi connectivity index (χ3v) is 18.0. The second-order valence-electron chi connectivity index (χ2n) is 28.4. The molecule has 0 aliphatic rings. The Bertz CT molecular complexity index is 1700. The van der Waals surface area contributed by atoms with Crippen LogP contribution in [0.5, 0.6) is 0 Å². The van der Waals surface area contributed by atoms with Crippen LogP contribution >= 0.6 is 0 Å². The molecule has 0 aromatic carbocycles. The third-order valence-electron chi connectivity index (χ3n) is 18.0. The summed E-state index contributed by atoms with van der Waals surface area (Å²) in [6, 6.07) is 0. The van der Waals surface area contributed by atoms with Crippen molar-refractivity contribution in [3.63, 3.8) is 0 Å². The number of aliphatic carboxylic acids is 1. The van der Waals surface area contributed by atoms with E-state index in [1.165, 1.54) is 295 Å². The minimum absolute atomic E-state index is 0.176. The van der Waals surface area contributed by atoms with Gasteiger partial charge in [0.15, 0.2) is 6.10 Å². The number of carboxylic acid groups (broad SMARTS) is 1. The SMILES string of the molecule is CC/C=C\C/C=C\C/C=C\C/C=C\C/C=C\CCCCCCCCCCCCCCCCCCCCCCCC(=O)OC(COC(=O)CCCCCCCCCCCCCCCCCCCCCCCCCCCCCCCC)COC(OCC[N+](C)(C)C)C(=O)O. The molecule has 2 unspecified atom stereocenters. The van der Waals surface area contributed by atoms with Crippen LogP contribution in [-0.4, -0.2) is 87.4 Å². The first-order valence-corrected chi connectivity index (χ1v) is 40.0. The number of hydrogen-bond acceptors (Lipinski definition) is 7. The van der Waals surface area contributed by atoms with Gasteiger partial charge >= 0.3 is 17.9 Å². The van der Waals surface area contributed by atoms with Crippen LogP contribution in [0, 0.1) is 0 Å². The number of nitrogens with zero attached hydrogens (tertiary/aromatic N) is 1. The van der Waals surface area contributed by atoms with E-state index in [0.717, 1.165) is 70.6 Å². The molecule has 0 spiro atoms. The number of unbranched alkanes of at least 4 members (excludes halogenated alkanes) is 50. The highest BCUT2D eigenvalue weighted by atomic mass is 16.7. The molecule has 0 fully saturated rings. The van der Waals surface area contributed by atoms with E-state index in [9.17, 15) is 19.5 Å². The van der Waals surface area contributed by atoms with E-state index in [-0.39, 0.29) is 38.2 Å². The van der Waals surface area contributed by atoms with Crippen molar-refractivity contribution in [2.24, 2.45) is 0 Å². The summed E-state index contributed by atoms with van der Waals surface area (Å²) in [5.41, 5.74) is 0. The van der Waals surface area contributed by atoms with E-state index in [1.54, 1.807) is 0 Å². The number of ether oxygens (including phenoxy) is 4. The zero-order chi connectivity index (χ0) is 66.8. The maximum absolute atomic E-state index is 13.0. The van der Waals surface area contributed by atoms with E-state index in [1.807, 2.05) is 21.1 Å². The molecule has 0 aliphatic carbocycles. The summed E-state index contributed by atoms with van der Waals surface area (Å²) in [4.78, 5) is 37.7. The van der Waals surface area contributed by atoms with Crippen molar-refractivity contribution in [2.75, 3.05) is 47.5 Å². The lowest BCUT2D eigenvalue weighted by Crippen LogP contribution is -2.40. The molecule has 0 rings (SSSR count). The highest BCUT2D eigenvalue weighted by Gasteiger charge is 2.25. The highest BCUT2D eigenvalue weighted by molar-refractivity contribution is 5.71. The van der Waals surface area contributed by atoms with Gasteiger partial charge in [0, 0.05) is 12.8 Å². The number of hydrogen-bond donors (Lipinski definition) is 1. The Balaban J connectivity index is 3.98. The van der Waals surface area contributed by atoms with Crippen LogP contribution in [-0.2, 0) is 33.3 Å². The predicted octanol–water partition coefficient (Wildman–Crippen LogP) is 25.4. The molecule has 0 saturated carbocycles. The summed E-state index contributed by atoms with van der Waals surface area (Å²) < 4.78 is 23.1. The lowest BCUT2D eigenvalue weighted by atomic mass is 10.0. The van der Waals surface area contributed by atoms with Crippen LogP contribution in [0.2, 0.25) is 0 Å². The molecule has 0 aliphatic heterocycles. The summed E-state index contributed by atoms with van der Waals surface area (Å²) in [5.74, 6) is -1.97. The number of quaternary nitrogens is 1. The van der Waals surface area contributed by atoms with Crippen LogP contribution in [0.25, 0.3) is 0 Å². The van der Waals surface area contributed by atoms with Crippen molar-refractivity contribution in [3.8, 4) is 0 Å². The Kier molecular flexibility index (Phi) is 71.4. The summed E-state index contributed by atoms with van der Waals surface area (Å²) in [7, 11) is 6.00. The van der Waals surface area contributed by atoms with Gasteiger partial charge in [0.2, 0.25) is 0 Å². The number of esters is 2. The standard InChI is InChI=1S/C83H153NO8/c1-6-8-10-12-14-16-18-20-22-24-26-28-30-32-34-36-38-39-40-41-42-43-44-46-48-50-52-54-56-58-60-62-64-66-68-70-72-74-81(86)92-79(78-91-83(82(87)88)89-76-75-84(3,4)5)77-90-80(85)73-71-69-67-65-63-61-59-57-55-53-51-49-47-45-37-35-33-31-29-27-25-23-21-19-17-15-13-11-9-7-2/h8,10,14,16,20,22,26,28,32,34,79,83H,6-7,9,11-13,15,17-19,21,23-25,27,29-31,33,35-78H2,1-5H3/p+1/b10-8-,16-14-,22-20-,28-26-,34-32-. The number of rotatable bonds is 75. The van der Waals surface area contributed by atoms with Gasteiger partial charge in [-0.05, 0) is 57.8 Å². The summed E-state index contributed by atoms with van der Waals surface area (Å²) in [6.45, 7) is 4.84. The summed E-state index contributed by atoms with van der Waals surface area (Å²) in [6.07, 6.45) is 95.2. The zero-order valence-corrected chi connectivity index (χ0v) is 61.7. The van der Waals surface area contributed by atoms with Crippen LogP contribution in [0.4, 0.5) is 0 Å². The molecule has 0 heterocycles. The maximum atomic E-state index is 13.0. The fraction of sp³-hybridized carbons (Fsp3) is 0.843. The van der Waals surface area contributed by atoms with Gasteiger partial charge in [-0.2, -0.15) is 0 Å². The van der Waals surface area contributed by atoms with E-state index in [4.69, 9.17) is 18.9 Å². The Hall–Kier alpha value is -3.01. The van der Waals surface area contributed by atoms with Gasteiger partial charge in [0.1, 0.15) is 13.2 Å². The number of carbonyl (C=O) groups excluding carboxylic acids is 2. The van der Waals surface area contributed by atoms with Crippen LogP contribution in [0.15, 0.2) is 60.8 Å². The molecule has 9 nitrogen and oxygen atoms in total. The molecule has 0 aromatic rings. The van der Waals surface area contributed by atoms with E-state index >= 15 is 0 Å². The molecule has 0 aromatic heterocycles. The van der Waals surface area contributed by atoms with E-state index in [0.29, 0.717) is 17.4 Å². The van der Waals surface area contributed by atoms with Crippen molar-refractivity contribution in [1.82, 2.24) is 0 Å². The molecule has 1 N–H and O–H groups in total. The van der Waals surface area contributed by atoms with Gasteiger partial charge in [-0.25, -0.2) is 4.79 Å². The number of carboxylic acids is 1. The molecular weight excluding hydrogens is 1140 g/mol. The summed E-state index contributed by atoms with van der Waals surface area (Å²) in [5, 5.41) is 9.77. The first-order chi connectivity index (χ1) is 45.1. The molecule has 2 atom stereocenters. The Morgan fingerprint density at radius 1 is 0.337 bits per heavy atom. The minimum Gasteiger partial charge on any atom is -0.477 e. The zero-order valence-electron chi connectivity index (χ0n) is 61.7. The summed E-state index contributed by atoms with van der Waals surface area (Å²) >= 11 is 0. The molecule has 0 bridgehead atoms. The van der Waals surface area contributed by atoms with Gasteiger partial charge in [-0.1, -0.05) is 383 Å². The van der Waals surface area contributed by atoms with Crippen LogP contribution in [0.1, 0.15) is 393 Å². The predicted molar refractivity (Wildman–Crippen MR) is 397 cm³/mol. The molecule has 0 amide bonds. The van der Waals surface area contributed by atoms with Crippen molar-refractivity contribution in [1.29, 1.82) is 0 Å². The first kappa shape index (κ1) is 89.0. The highest BCUT2D eigenvalue weighted by Crippen LogP contribution is 2.20. The van der Waals surface area contributed by atoms with Gasteiger partial charge in [0.25, 0.3) is 6.29 Å². The first-order valence-electron chi connectivity index (χ1n) is 40.0. The van der Waals surface area contributed by atoms with E-state index in [2.05, 4.69) is 74.6 Å². The fourth-order valence-electron chi connectivity index (χ4n) is 12.0. The minimum atomic E-state index is -1.51. The third kappa shape index (κ3) is 74.4. The lowest BCUT2D eigenvalue weighted by molar-refractivity contribution is -0.870. The normalized spacial score (nSPS) is 12.9. The Morgan fingerprint density at radius 2 is 0.620 bits per heavy atom. The van der Waals surface area contributed by atoms with Crippen LogP contribution < -0.4 is 0 Å². The van der Waals surface area contributed by atoms with Gasteiger partial charge < -0.3 is 28.5 Å². The molecular formula is C83H154NO8+. The quantitative estimate of drug-likeness (QED) is 0.0211. The van der Waals surface area contributed by atoms with Crippen molar-refractivity contribution in [3.05, 3.63) is 60.8 Å². The lowest BCUT2D eigenvalue weighted by Gasteiger charge is -2.25. The molecule has 538 valence electrons. The number of likely N-dealkylation sites (N-methyl/N-ethyl adjacent to an activating group) is 1. The Morgan fingerprint density at radius 3 is 0.924 bits per heavy atom. The Labute approximate surface area is 571 Å². The largest absolute Gasteiger partial charge is 0.477 e. The number of carbonyl (C=O) groups is 3. The second kappa shape index (κ2) is 73.8. The monoisotopic (exact) mass is 1290 g/mol. The molecule has 92 heavy (non-hydrogen) atoms. The molecule has 0 radical (unpaired) electrons. The van der Waals surface area contributed by atoms with Gasteiger partial charge in [-0.15, -0.1) is 0 Å². The van der Waals surface area contributed by atoms with Crippen LogP contribution in [0.3, 0.4) is 0 Å². The number of allylic oxidation sites excluding steroid dienone is 10. The average Bonchev–Trinajstić information content (AvgIpc) is 3.75. The van der Waals surface area contributed by atoms with Crippen molar-refractivity contribution in [2.45, 2.75) is 405 Å². The second-order valence-corrected chi connectivity index (χ2v) is 28.4. The molecule has 9 heteroatoms. The maximum Gasteiger partial charge on any atom is 0.361 e. The topological polar surface area (TPSA) is 108 Å². The fourth-order valence-corrected chi connectivity index (χ4v) is 12.0. The smallest absolute Gasteiger partial charge is 0.361 e. The average molecular weight is 1290 g/mol. The van der Waals surface area contributed by atoms with Gasteiger partial charge in [-0.3, -0.25) is 9.59 Å². The van der Waals surface area contributed by atoms with E-state index < -0.39 is 18.4 Å².